The fourth-order valence-corrected chi connectivity index (χ4v) is 2.65. The number of hydrogen-bond donors (Lipinski definition) is 1. The SMILES string of the molecule is COC(=O)C1CN(C(=O)c2cc(Cl)ccc2N)CC1C. The summed E-state index contributed by atoms with van der Waals surface area (Å²) in [7, 11) is 1.36. The average molecular weight is 297 g/mol. The van der Waals surface area contributed by atoms with Crippen LogP contribution in [0.25, 0.3) is 0 Å². The van der Waals surface area contributed by atoms with E-state index in [4.69, 9.17) is 22.1 Å². The van der Waals surface area contributed by atoms with Crippen LogP contribution in [0.2, 0.25) is 5.02 Å². The molecule has 1 aromatic rings. The van der Waals surface area contributed by atoms with Gasteiger partial charge in [0.05, 0.1) is 18.6 Å². The van der Waals surface area contributed by atoms with Crippen molar-refractivity contribution >= 4 is 29.2 Å². The third kappa shape index (κ3) is 2.72. The molecule has 0 spiro atoms. The van der Waals surface area contributed by atoms with E-state index in [1.54, 1.807) is 23.1 Å². The van der Waals surface area contributed by atoms with Gasteiger partial charge in [-0.15, -0.1) is 0 Å². The van der Waals surface area contributed by atoms with Crippen molar-refractivity contribution < 1.29 is 14.3 Å². The van der Waals surface area contributed by atoms with Gasteiger partial charge in [-0.3, -0.25) is 9.59 Å². The molecule has 1 amide bonds. The number of ether oxygens (including phenoxy) is 1. The Morgan fingerprint density at radius 3 is 2.75 bits per heavy atom. The molecule has 20 heavy (non-hydrogen) atoms. The monoisotopic (exact) mass is 296 g/mol. The molecule has 2 unspecified atom stereocenters. The summed E-state index contributed by atoms with van der Waals surface area (Å²) < 4.78 is 4.76. The third-order valence-corrected chi connectivity index (χ3v) is 3.88. The minimum atomic E-state index is -0.288. The van der Waals surface area contributed by atoms with Gasteiger partial charge in [-0.05, 0) is 24.1 Å². The molecular formula is C14H17ClN2O3. The Hall–Kier alpha value is -1.75. The first-order chi connectivity index (χ1) is 9.43. The van der Waals surface area contributed by atoms with E-state index in [0.717, 1.165) is 0 Å². The van der Waals surface area contributed by atoms with Crippen molar-refractivity contribution in [3.8, 4) is 0 Å². The van der Waals surface area contributed by atoms with Crippen LogP contribution >= 0.6 is 11.6 Å². The highest BCUT2D eigenvalue weighted by Crippen LogP contribution is 2.27. The van der Waals surface area contributed by atoms with Gasteiger partial charge in [0.1, 0.15) is 0 Å². The lowest BCUT2D eigenvalue weighted by molar-refractivity contribution is -0.146. The molecule has 2 N–H and O–H groups in total. The first-order valence-electron chi connectivity index (χ1n) is 6.36. The number of esters is 1. The van der Waals surface area contributed by atoms with Crippen LogP contribution < -0.4 is 5.73 Å². The minimum Gasteiger partial charge on any atom is -0.469 e. The summed E-state index contributed by atoms with van der Waals surface area (Å²) in [5, 5.41) is 0.458. The highest BCUT2D eigenvalue weighted by molar-refractivity contribution is 6.31. The van der Waals surface area contributed by atoms with Crippen LogP contribution in [0.4, 0.5) is 5.69 Å². The van der Waals surface area contributed by atoms with E-state index < -0.39 is 0 Å². The number of likely N-dealkylation sites (tertiary alicyclic amines) is 1. The fraction of sp³-hybridized carbons (Fsp3) is 0.429. The Morgan fingerprint density at radius 1 is 1.40 bits per heavy atom. The summed E-state index contributed by atoms with van der Waals surface area (Å²) in [5.41, 5.74) is 6.57. The van der Waals surface area contributed by atoms with Crippen LogP contribution in [-0.2, 0) is 9.53 Å². The Balaban J connectivity index is 2.19. The summed E-state index contributed by atoms with van der Waals surface area (Å²) in [4.78, 5) is 25.7. The molecule has 0 bridgehead atoms. The highest BCUT2D eigenvalue weighted by Gasteiger charge is 2.38. The number of amides is 1. The predicted molar refractivity (Wildman–Crippen MR) is 76.4 cm³/mol. The zero-order chi connectivity index (χ0) is 14.9. The van der Waals surface area contributed by atoms with Gasteiger partial charge in [0, 0.05) is 23.8 Å². The molecule has 0 aliphatic carbocycles. The maximum atomic E-state index is 12.5. The molecule has 1 aliphatic heterocycles. The Kier molecular flexibility index (Phi) is 4.18. The molecule has 1 aromatic carbocycles. The van der Waals surface area contributed by atoms with Crippen LogP contribution in [0.5, 0.6) is 0 Å². The molecule has 2 rings (SSSR count). The number of carbonyl (C=O) groups is 2. The molecule has 0 radical (unpaired) electrons. The Morgan fingerprint density at radius 2 is 2.10 bits per heavy atom. The van der Waals surface area contributed by atoms with Gasteiger partial charge in [0.25, 0.3) is 5.91 Å². The maximum absolute atomic E-state index is 12.5. The van der Waals surface area contributed by atoms with Gasteiger partial charge < -0.3 is 15.4 Å². The van der Waals surface area contributed by atoms with Crippen LogP contribution in [-0.4, -0.2) is 37.0 Å². The van der Waals surface area contributed by atoms with E-state index in [9.17, 15) is 9.59 Å². The normalized spacial score (nSPS) is 21.9. The summed E-state index contributed by atoms with van der Waals surface area (Å²) in [5.74, 6) is -0.716. The molecule has 1 saturated heterocycles. The van der Waals surface area contributed by atoms with E-state index >= 15 is 0 Å². The van der Waals surface area contributed by atoms with Crippen molar-refractivity contribution in [2.75, 3.05) is 25.9 Å². The standard InChI is InChI=1S/C14H17ClN2O3/c1-8-6-17(7-11(8)14(19)20-2)13(18)10-5-9(15)3-4-12(10)16/h3-5,8,11H,6-7,16H2,1-2H3. The topological polar surface area (TPSA) is 72.6 Å². The lowest BCUT2D eigenvalue weighted by atomic mass is 9.99. The fourth-order valence-electron chi connectivity index (χ4n) is 2.47. The third-order valence-electron chi connectivity index (χ3n) is 3.65. The molecule has 0 saturated carbocycles. The number of nitrogens with two attached hydrogens (primary N) is 1. The van der Waals surface area contributed by atoms with Crippen molar-refractivity contribution in [3.05, 3.63) is 28.8 Å². The van der Waals surface area contributed by atoms with Crippen LogP contribution in [0.15, 0.2) is 18.2 Å². The van der Waals surface area contributed by atoms with E-state index in [2.05, 4.69) is 0 Å². The van der Waals surface area contributed by atoms with Gasteiger partial charge in [-0.2, -0.15) is 0 Å². The summed E-state index contributed by atoms with van der Waals surface area (Å²) in [6, 6.07) is 4.79. The van der Waals surface area contributed by atoms with E-state index in [-0.39, 0.29) is 23.7 Å². The number of nitrogens with zero attached hydrogens (tertiary/aromatic N) is 1. The zero-order valence-electron chi connectivity index (χ0n) is 11.4. The first kappa shape index (κ1) is 14.7. The molecule has 108 valence electrons. The number of methoxy groups -OCH3 is 1. The molecule has 0 aromatic heterocycles. The quantitative estimate of drug-likeness (QED) is 0.667. The zero-order valence-corrected chi connectivity index (χ0v) is 12.2. The Bertz CT molecular complexity index is 547. The van der Waals surface area contributed by atoms with Gasteiger partial charge in [0.2, 0.25) is 0 Å². The molecule has 1 heterocycles. The summed E-state index contributed by atoms with van der Waals surface area (Å²) >= 11 is 5.90. The van der Waals surface area contributed by atoms with Crippen molar-refractivity contribution in [3.63, 3.8) is 0 Å². The summed E-state index contributed by atoms with van der Waals surface area (Å²) in [6.45, 7) is 2.78. The second-order valence-corrected chi connectivity index (χ2v) is 5.49. The molecule has 6 heteroatoms. The van der Waals surface area contributed by atoms with Crippen molar-refractivity contribution in [1.29, 1.82) is 0 Å². The molecule has 1 aliphatic rings. The van der Waals surface area contributed by atoms with E-state index in [1.165, 1.54) is 7.11 Å². The molecular weight excluding hydrogens is 280 g/mol. The molecule has 2 atom stereocenters. The number of carbonyl (C=O) groups excluding carboxylic acids is 2. The van der Waals surface area contributed by atoms with Gasteiger partial charge in [0.15, 0.2) is 0 Å². The summed E-state index contributed by atoms with van der Waals surface area (Å²) in [6.07, 6.45) is 0. The average Bonchev–Trinajstić information content (AvgIpc) is 2.82. The lowest BCUT2D eigenvalue weighted by Gasteiger charge is -2.17. The van der Waals surface area contributed by atoms with Gasteiger partial charge in [-0.1, -0.05) is 18.5 Å². The van der Waals surface area contributed by atoms with Gasteiger partial charge in [-0.25, -0.2) is 0 Å². The van der Waals surface area contributed by atoms with Crippen molar-refractivity contribution in [1.82, 2.24) is 4.90 Å². The van der Waals surface area contributed by atoms with Crippen LogP contribution in [0.1, 0.15) is 17.3 Å². The number of anilines is 1. The number of nitrogen functional groups attached to an aromatic ring is 1. The van der Waals surface area contributed by atoms with Crippen molar-refractivity contribution in [2.45, 2.75) is 6.92 Å². The van der Waals surface area contributed by atoms with E-state index in [1.807, 2.05) is 6.92 Å². The Labute approximate surface area is 122 Å². The van der Waals surface area contributed by atoms with Gasteiger partial charge >= 0.3 is 5.97 Å². The lowest BCUT2D eigenvalue weighted by Crippen LogP contribution is -2.30. The number of halogens is 1. The number of rotatable bonds is 2. The second kappa shape index (κ2) is 5.71. The minimum absolute atomic E-state index is 0.0619. The largest absolute Gasteiger partial charge is 0.469 e. The molecule has 1 fully saturated rings. The maximum Gasteiger partial charge on any atom is 0.310 e. The van der Waals surface area contributed by atoms with Crippen LogP contribution in [0, 0.1) is 11.8 Å². The van der Waals surface area contributed by atoms with Crippen LogP contribution in [0.3, 0.4) is 0 Å². The predicted octanol–water partition coefficient (Wildman–Crippen LogP) is 1.80. The van der Waals surface area contributed by atoms with E-state index in [0.29, 0.717) is 29.4 Å². The first-order valence-corrected chi connectivity index (χ1v) is 6.74. The smallest absolute Gasteiger partial charge is 0.310 e. The number of benzene rings is 1. The second-order valence-electron chi connectivity index (χ2n) is 5.05. The highest BCUT2D eigenvalue weighted by atomic mass is 35.5. The molecule has 5 nitrogen and oxygen atoms in total. The number of hydrogen-bond acceptors (Lipinski definition) is 4. The van der Waals surface area contributed by atoms with Crippen molar-refractivity contribution in [2.24, 2.45) is 11.8 Å².